The number of nitrogens with one attached hydrogen (secondary N) is 2. The number of nitrogens with zero attached hydrogens (tertiary/aromatic N) is 2. The fourth-order valence-electron chi connectivity index (χ4n) is 12.7. The second kappa shape index (κ2) is 25.5. The lowest BCUT2D eigenvalue weighted by molar-refractivity contribution is 1.28. The first-order valence-electron chi connectivity index (χ1n) is 29.6. The van der Waals surface area contributed by atoms with Crippen molar-refractivity contribution >= 4 is 107 Å². The Labute approximate surface area is 517 Å². The first kappa shape index (κ1) is 57.0. The SMILES string of the molecule is Cc1cc(C)c(-c2c3nc(c(-c4ccc(SCCP(c5ccccc5)c5ccccc5)cc4)c4ccc([nH]4)c(-c4c(C)cc(C)cc4C)c4nc(c(-c5ccc(SCCP(c6ccccc6)c6ccccc6)cc5)c5ccc2[nH]5)C=C4)C=C3)c(C)c1. The highest BCUT2D eigenvalue weighted by Gasteiger charge is 2.23. The van der Waals surface area contributed by atoms with Crippen molar-refractivity contribution in [3.05, 3.63) is 275 Å². The number of benzene rings is 8. The number of aromatic amines is 2. The smallest absolute Gasteiger partial charge is 0.0737 e. The maximum atomic E-state index is 5.72. The molecule has 11 aromatic rings. The largest absolute Gasteiger partial charge is 0.354 e. The first-order valence-corrected chi connectivity index (χ1v) is 34.7. The van der Waals surface area contributed by atoms with Crippen LogP contribution in [0.15, 0.2) is 228 Å². The van der Waals surface area contributed by atoms with Gasteiger partial charge in [-0.3, -0.25) is 0 Å². The fourth-order valence-corrected chi connectivity index (χ4v) is 19.8. The van der Waals surface area contributed by atoms with Crippen LogP contribution in [0.5, 0.6) is 0 Å². The van der Waals surface area contributed by atoms with Gasteiger partial charge >= 0.3 is 0 Å². The lowest BCUT2D eigenvalue weighted by atomic mass is 9.92. The summed E-state index contributed by atoms with van der Waals surface area (Å²) in [4.78, 5) is 22.0. The number of aryl methyl sites for hydroxylation is 6. The second-order valence-electron chi connectivity index (χ2n) is 22.4. The third-order valence-electron chi connectivity index (χ3n) is 16.3. The minimum absolute atomic E-state index is 0.481. The van der Waals surface area contributed by atoms with Crippen LogP contribution < -0.4 is 21.2 Å². The van der Waals surface area contributed by atoms with Crippen LogP contribution in [0, 0.1) is 41.5 Å². The van der Waals surface area contributed by atoms with Gasteiger partial charge in [-0.1, -0.05) is 181 Å². The second-order valence-corrected chi connectivity index (χ2v) is 29.4. The van der Waals surface area contributed by atoms with Gasteiger partial charge in [0.25, 0.3) is 0 Å². The molecule has 422 valence electrons. The maximum absolute atomic E-state index is 5.72. The molecule has 0 saturated carbocycles. The van der Waals surface area contributed by atoms with Crippen molar-refractivity contribution in [2.24, 2.45) is 0 Å². The van der Waals surface area contributed by atoms with Crippen LogP contribution in [0.2, 0.25) is 0 Å². The van der Waals surface area contributed by atoms with Crippen LogP contribution >= 0.6 is 39.4 Å². The lowest BCUT2D eigenvalue weighted by Gasteiger charge is -2.18. The number of fused-ring (bicyclic) bond motifs is 8. The number of thioether (sulfide) groups is 2. The molecule has 0 fully saturated rings. The molecule has 0 atom stereocenters. The van der Waals surface area contributed by atoms with Crippen LogP contribution in [0.25, 0.3) is 90.9 Å². The summed E-state index contributed by atoms with van der Waals surface area (Å²) >= 11 is 3.87. The Morgan fingerprint density at radius 3 is 0.895 bits per heavy atom. The molecule has 0 spiro atoms. The number of rotatable bonds is 16. The Kier molecular flexibility index (Phi) is 16.9. The standard InChI is InChI=1S/C78H68N4P2S2/c1-51-47-53(3)73(54(4)48-51)77-69-39-35-65(79-69)75(57-27-31-63(32-28-57)85-45-43-83(59-19-11-7-12-20-59)60-21-13-8-14-22-60)67-37-41-71(81-67)78(74-55(5)49-52(2)50-56(74)6)72-42-38-68(82-72)76(66-36-40-70(77)80-66)58-29-33-64(34-30-58)86-46-44-84(61-23-15-9-16-24-61)62-25-17-10-18-26-62/h7-42,47-50,79,82H,43-46H2,1-6H3. The van der Waals surface area contributed by atoms with E-state index in [1.165, 1.54) is 75.5 Å². The highest BCUT2D eigenvalue weighted by Crippen LogP contribution is 2.43. The molecule has 3 aromatic heterocycles. The molecule has 8 bridgehead atoms. The minimum atomic E-state index is -0.481. The topological polar surface area (TPSA) is 57.4 Å². The Morgan fingerprint density at radius 2 is 0.593 bits per heavy atom. The van der Waals surface area contributed by atoms with Gasteiger partial charge in [-0.25, -0.2) is 9.97 Å². The van der Waals surface area contributed by atoms with E-state index in [1.54, 1.807) is 0 Å². The van der Waals surface area contributed by atoms with Crippen molar-refractivity contribution in [1.29, 1.82) is 0 Å². The average Bonchev–Trinajstić information content (AvgIpc) is 2.06. The highest BCUT2D eigenvalue weighted by atomic mass is 32.2. The van der Waals surface area contributed by atoms with E-state index in [4.69, 9.17) is 9.97 Å². The van der Waals surface area contributed by atoms with Crippen LogP contribution in [-0.2, 0) is 0 Å². The van der Waals surface area contributed by atoms with Crippen molar-refractivity contribution in [2.45, 2.75) is 51.3 Å². The molecule has 13 rings (SSSR count). The molecule has 0 amide bonds. The molecule has 4 nitrogen and oxygen atoms in total. The summed E-state index contributed by atoms with van der Waals surface area (Å²) in [5.74, 6) is 2.03. The summed E-state index contributed by atoms with van der Waals surface area (Å²) < 4.78 is 0. The van der Waals surface area contributed by atoms with E-state index in [2.05, 4.69) is 294 Å². The summed E-state index contributed by atoms with van der Waals surface area (Å²) in [6, 6.07) is 80.7. The third kappa shape index (κ3) is 12.1. The molecule has 5 heterocycles. The molecule has 2 aliphatic heterocycles. The van der Waals surface area contributed by atoms with E-state index in [0.717, 1.165) is 102 Å². The van der Waals surface area contributed by atoms with Gasteiger partial charge in [-0.15, -0.1) is 23.5 Å². The molecular weight excluding hydrogens is 1120 g/mol. The van der Waals surface area contributed by atoms with Crippen molar-refractivity contribution in [1.82, 2.24) is 19.9 Å². The van der Waals surface area contributed by atoms with E-state index in [9.17, 15) is 0 Å². The summed E-state index contributed by atoms with van der Waals surface area (Å²) in [6.07, 6.45) is 11.1. The third-order valence-corrected chi connectivity index (χ3v) is 24.0. The Balaban J connectivity index is 0.951. The van der Waals surface area contributed by atoms with E-state index in [-0.39, 0.29) is 0 Å². The van der Waals surface area contributed by atoms with Gasteiger partial charge in [0, 0.05) is 65.6 Å². The van der Waals surface area contributed by atoms with Crippen LogP contribution in [-0.4, -0.2) is 43.8 Å². The lowest BCUT2D eigenvalue weighted by Crippen LogP contribution is -2.14. The fraction of sp³-hybridized carbons (Fsp3) is 0.128. The minimum Gasteiger partial charge on any atom is -0.354 e. The summed E-state index contributed by atoms with van der Waals surface area (Å²) in [5, 5.41) is 5.68. The molecule has 0 saturated heterocycles. The van der Waals surface area contributed by atoms with Gasteiger partial charge in [0.2, 0.25) is 0 Å². The van der Waals surface area contributed by atoms with Gasteiger partial charge in [-0.05, 0) is 208 Å². The molecular formula is C78H68N4P2S2. The molecule has 86 heavy (non-hydrogen) atoms. The maximum Gasteiger partial charge on any atom is 0.0737 e. The number of hydrogen-bond acceptors (Lipinski definition) is 4. The summed E-state index contributed by atoms with van der Waals surface area (Å²) in [5.41, 5.74) is 23.8. The quantitative estimate of drug-likeness (QED) is 0.0748. The molecule has 0 unspecified atom stereocenters. The molecule has 2 N–H and O–H groups in total. The normalized spacial score (nSPS) is 12.0. The summed E-state index contributed by atoms with van der Waals surface area (Å²) in [6.45, 7) is 13.3. The predicted molar refractivity (Wildman–Crippen MR) is 378 cm³/mol. The van der Waals surface area contributed by atoms with Gasteiger partial charge in [0.05, 0.1) is 22.8 Å². The highest BCUT2D eigenvalue weighted by molar-refractivity contribution is 8.00. The number of hydrogen-bond donors (Lipinski definition) is 2. The molecule has 8 aromatic carbocycles. The van der Waals surface area contributed by atoms with Crippen LogP contribution in [0.3, 0.4) is 0 Å². The Hall–Kier alpha value is -8.08. The van der Waals surface area contributed by atoms with Crippen molar-refractivity contribution in [3.8, 4) is 44.5 Å². The van der Waals surface area contributed by atoms with Gasteiger partial charge in [0.1, 0.15) is 0 Å². The Bertz CT molecular complexity index is 4100. The van der Waals surface area contributed by atoms with Crippen LogP contribution in [0.1, 0.15) is 56.2 Å². The van der Waals surface area contributed by atoms with Crippen LogP contribution in [0.4, 0.5) is 0 Å². The van der Waals surface area contributed by atoms with Gasteiger partial charge in [0.15, 0.2) is 0 Å². The van der Waals surface area contributed by atoms with E-state index < -0.39 is 15.8 Å². The molecule has 0 radical (unpaired) electrons. The van der Waals surface area contributed by atoms with Gasteiger partial charge in [-0.2, -0.15) is 0 Å². The zero-order valence-corrected chi connectivity index (χ0v) is 52.9. The average molecular weight is 1190 g/mol. The van der Waals surface area contributed by atoms with Crippen molar-refractivity contribution < 1.29 is 0 Å². The number of aromatic nitrogens is 4. The monoisotopic (exact) mass is 1190 g/mol. The Morgan fingerprint density at radius 1 is 0.314 bits per heavy atom. The van der Waals surface area contributed by atoms with E-state index in [1.807, 2.05) is 23.5 Å². The summed E-state index contributed by atoms with van der Waals surface area (Å²) in [7, 11) is -0.963. The molecule has 0 aliphatic carbocycles. The zero-order chi connectivity index (χ0) is 58.7. The predicted octanol–water partition coefficient (Wildman–Crippen LogP) is 19.6. The first-order chi connectivity index (χ1) is 42.1. The van der Waals surface area contributed by atoms with Gasteiger partial charge < -0.3 is 9.97 Å². The van der Waals surface area contributed by atoms with Crippen molar-refractivity contribution in [2.75, 3.05) is 23.8 Å². The number of H-pyrrole nitrogens is 2. The van der Waals surface area contributed by atoms with E-state index in [0.29, 0.717) is 0 Å². The van der Waals surface area contributed by atoms with Crippen molar-refractivity contribution in [3.63, 3.8) is 0 Å². The zero-order valence-electron chi connectivity index (χ0n) is 49.5. The molecule has 8 heteroatoms. The molecule has 2 aliphatic rings. The van der Waals surface area contributed by atoms with E-state index >= 15 is 0 Å².